The molecule has 1 N–H and O–H groups in total. The first-order chi connectivity index (χ1) is 14.1. The highest BCUT2D eigenvalue weighted by Crippen LogP contribution is 2.28. The molecule has 158 valence electrons. The predicted molar refractivity (Wildman–Crippen MR) is 113 cm³/mol. The highest BCUT2D eigenvalue weighted by atomic mass is 32.2. The number of anilines is 1. The molecule has 0 saturated heterocycles. The fraction of sp³-hybridized carbons (Fsp3) is 0.250. The van der Waals surface area contributed by atoms with Crippen LogP contribution in [0.4, 0.5) is 5.69 Å². The Morgan fingerprint density at radius 3 is 2.57 bits per heavy atom. The summed E-state index contributed by atoms with van der Waals surface area (Å²) in [6.45, 7) is 1.36. The van der Waals surface area contributed by atoms with E-state index in [9.17, 15) is 18.0 Å². The number of aromatic nitrogens is 2. The van der Waals surface area contributed by atoms with E-state index in [0.29, 0.717) is 22.5 Å². The van der Waals surface area contributed by atoms with Gasteiger partial charge in [0.05, 0.1) is 28.6 Å². The van der Waals surface area contributed by atoms with Crippen LogP contribution in [0.2, 0.25) is 0 Å². The summed E-state index contributed by atoms with van der Waals surface area (Å²) in [7, 11) is 0.547. The number of aryl methyl sites for hydroxylation is 1. The molecule has 3 aromatic rings. The average molecular weight is 430 g/mol. The molecule has 1 aromatic heterocycles. The Balaban J connectivity index is 1.93. The number of benzene rings is 2. The lowest BCUT2D eigenvalue weighted by molar-refractivity contribution is -0.116. The number of carbonyl (C=O) groups excluding carboxylic acids is 1. The van der Waals surface area contributed by atoms with E-state index in [-0.39, 0.29) is 22.7 Å². The average Bonchev–Trinajstić information content (AvgIpc) is 2.71. The minimum Gasteiger partial charge on any atom is -0.495 e. The van der Waals surface area contributed by atoms with Gasteiger partial charge in [-0.25, -0.2) is 17.7 Å². The molecule has 0 radical (unpaired) electrons. The van der Waals surface area contributed by atoms with Crippen LogP contribution in [0.15, 0.2) is 52.2 Å². The normalized spacial score (nSPS) is 11.6. The van der Waals surface area contributed by atoms with Crippen molar-refractivity contribution in [1.29, 1.82) is 0 Å². The van der Waals surface area contributed by atoms with Gasteiger partial charge < -0.3 is 10.1 Å². The molecule has 0 fully saturated rings. The van der Waals surface area contributed by atoms with Crippen LogP contribution in [-0.4, -0.2) is 49.4 Å². The molecule has 0 atom stereocenters. The van der Waals surface area contributed by atoms with Crippen LogP contribution < -0.4 is 15.6 Å². The quantitative estimate of drug-likeness (QED) is 0.636. The minimum atomic E-state index is -3.70. The van der Waals surface area contributed by atoms with Crippen molar-refractivity contribution in [3.05, 3.63) is 58.6 Å². The molecule has 0 bridgehead atoms. The number of amides is 1. The Bertz CT molecular complexity index is 1280. The van der Waals surface area contributed by atoms with Gasteiger partial charge >= 0.3 is 0 Å². The molecule has 0 aliphatic rings. The number of para-hydroxylation sites is 1. The summed E-state index contributed by atoms with van der Waals surface area (Å²) < 4.78 is 32.4. The molecule has 0 unspecified atom stereocenters. The minimum absolute atomic E-state index is 0.00400. The molecule has 1 heterocycles. The van der Waals surface area contributed by atoms with Gasteiger partial charge in [0, 0.05) is 14.1 Å². The Labute approximate surface area is 174 Å². The van der Waals surface area contributed by atoms with Crippen molar-refractivity contribution in [2.24, 2.45) is 0 Å². The maximum atomic E-state index is 12.8. The van der Waals surface area contributed by atoms with Crippen LogP contribution in [0.1, 0.15) is 5.82 Å². The first kappa shape index (κ1) is 21.5. The number of rotatable bonds is 6. The second kappa shape index (κ2) is 8.25. The number of hydrogen-bond acceptors (Lipinski definition) is 6. The monoisotopic (exact) mass is 430 g/mol. The van der Waals surface area contributed by atoms with Gasteiger partial charge in [-0.3, -0.25) is 14.2 Å². The van der Waals surface area contributed by atoms with Gasteiger partial charge in [0.2, 0.25) is 15.9 Å². The number of fused-ring (bicyclic) bond motifs is 1. The number of sulfonamides is 1. The summed E-state index contributed by atoms with van der Waals surface area (Å²) in [4.78, 5) is 29.8. The summed E-state index contributed by atoms with van der Waals surface area (Å²) in [6.07, 6.45) is 0. The Kier molecular flexibility index (Phi) is 5.90. The SMILES string of the molecule is COc1ccc(S(=O)(=O)N(C)C)cc1NC(=O)Cn1c(C)nc2ccccc2c1=O. The molecule has 0 aliphatic carbocycles. The zero-order valence-corrected chi connectivity index (χ0v) is 17.9. The highest BCUT2D eigenvalue weighted by molar-refractivity contribution is 7.89. The number of methoxy groups -OCH3 is 1. The van der Waals surface area contributed by atoms with E-state index in [4.69, 9.17) is 4.74 Å². The third-order valence-corrected chi connectivity index (χ3v) is 6.39. The molecule has 2 aromatic carbocycles. The van der Waals surface area contributed by atoms with Gasteiger partial charge in [-0.2, -0.15) is 0 Å². The van der Waals surface area contributed by atoms with Crippen LogP contribution in [0.3, 0.4) is 0 Å². The molecule has 0 aliphatic heterocycles. The summed E-state index contributed by atoms with van der Waals surface area (Å²) in [5.74, 6) is 0.168. The highest BCUT2D eigenvalue weighted by Gasteiger charge is 2.20. The van der Waals surface area contributed by atoms with Gasteiger partial charge in [-0.15, -0.1) is 0 Å². The van der Waals surface area contributed by atoms with E-state index in [2.05, 4.69) is 10.3 Å². The fourth-order valence-electron chi connectivity index (χ4n) is 2.95. The zero-order chi connectivity index (χ0) is 22.1. The Morgan fingerprint density at radius 2 is 1.90 bits per heavy atom. The van der Waals surface area contributed by atoms with Crippen molar-refractivity contribution < 1.29 is 17.9 Å². The number of hydrogen-bond donors (Lipinski definition) is 1. The summed E-state index contributed by atoms with van der Waals surface area (Å²) in [5, 5.41) is 3.04. The number of nitrogens with one attached hydrogen (secondary N) is 1. The largest absolute Gasteiger partial charge is 0.495 e. The van der Waals surface area contributed by atoms with Crippen LogP contribution in [0.5, 0.6) is 5.75 Å². The van der Waals surface area contributed by atoms with Crippen LogP contribution in [0.25, 0.3) is 10.9 Å². The van der Waals surface area contributed by atoms with Crippen LogP contribution >= 0.6 is 0 Å². The molecular weight excluding hydrogens is 408 g/mol. The third-order valence-electron chi connectivity index (χ3n) is 4.58. The summed E-state index contributed by atoms with van der Waals surface area (Å²) in [5.41, 5.74) is 0.411. The third kappa shape index (κ3) is 4.05. The fourth-order valence-corrected chi connectivity index (χ4v) is 3.88. The molecule has 9 nitrogen and oxygen atoms in total. The standard InChI is InChI=1S/C20H22N4O5S/c1-13-21-16-8-6-5-7-15(16)20(26)24(13)12-19(25)22-17-11-14(9-10-18(17)29-4)30(27,28)23(2)3/h5-11H,12H2,1-4H3,(H,22,25). The van der Waals surface area contributed by atoms with E-state index in [1.54, 1.807) is 31.2 Å². The van der Waals surface area contributed by atoms with Gasteiger partial charge in [-0.1, -0.05) is 12.1 Å². The van der Waals surface area contributed by atoms with E-state index in [1.807, 2.05) is 0 Å². The Hall–Kier alpha value is -3.24. The van der Waals surface area contributed by atoms with Gasteiger partial charge in [-0.05, 0) is 37.3 Å². The lowest BCUT2D eigenvalue weighted by Gasteiger charge is -2.16. The van der Waals surface area contributed by atoms with E-state index in [0.717, 1.165) is 4.31 Å². The summed E-state index contributed by atoms with van der Waals surface area (Å²) in [6, 6.07) is 11.1. The van der Waals surface area contributed by atoms with Gasteiger partial charge in [0.1, 0.15) is 18.1 Å². The lowest BCUT2D eigenvalue weighted by Crippen LogP contribution is -2.30. The lowest BCUT2D eigenvalue weighted by atomic mass is 10.2. The number of carbonyl (C=O) groups is 1. The van der Waals surface area contributed by atoms with E-state index >= 15 is 0 Å². The summed E-state index contributed by atoms with van der Waals surface area (Å²) >= 11 is 0. The van der Waals surface area contributed by atoms with Crippen molar-refractivity contribution >= 4 is 32.5 Å². The van der Waals surface area contributed by atoms with Crippen LogP contribution in [0, 0.1) is 6.92 Å². The van der Waals surface area contributed by atoms with E-state index < -0.39 is 15.9 Å². The van der Waals surface area contributed by atoms with Gasteiger partial charge in [0.25, 0.3) is 5.56 Å². The Morgan fingerprint density at radius 1 is 1.20 bits per heavy atom. The molecular formula is C20H22N4O5S. The molecule has 0 saturated carbocycles. The second-order valence-electron chi connectivity index (χ2n) is 6.77. The van der Waals surface area contributed by atoms with Crippen molar-refractivity contribution in [3.63, 3.8) is 0 Å². The van der Waals surface area contributed by atoms with Crippen molar-refractivity contribution in [3.8, 4) is 5.75 Å². The molecule has 3 rings (SSSR count). The van der Waals surface area contributed by atoms with Crippen molar-refractivity contribution in [2.45, 2.75) is 18.4 Å². The number of nitrogens with zero attached hydrogens (tertiary/aromatic N) is 3. The van der Waals surface area contributed by atoms with Crippen molar-refractivity contribution in [1.82, 2.24) is 13.9 Å². The topological polar surface area (TPSA) is 111 Å². The predicted octanol–water partition coefficient (Wildman–Crippen LogP) is 1.60. The smallest absolute Gasteiger partial charge is 0.261 e. The maximum absolute atomic E-state index is 12.8. The second-order valence-corrected chi connectivity index (χ2v) is 8.92. The molecule has 30 heavy (non-hydrogen) atoms. The van der Waals surface area contributed by atoms with Gasteiger partial charge in [0.15, 0.2) is 0 Å². The zero-order valence-electron chi connectivity index (χ0n) is 17.0. The molecule has 10 heteroatoms. The van der Waals surface area contributed by atoms with Crippen LogP contribution in [-0.2, 0) is 21.4 Å². The molecule has 0 spiro atoms. The van der Waals surface area contributed by atoms with Crippen molar-refractivity contribution in [2.75, 3.05) is 26.5 Å². The first-order valence-electron chi connectivity index (χ1n) is 9.01. The first-order valence-corrected chi connectivity index (χ1v) is 10.5. The maximum Gasteiger partial charge on any atom is 0.261 e. The van der Waals surface area contributed by atoms with E-state index in [1.165, 1.54) is 44.0 Å². The number of ether oxygens (including phenoxy) is 1. The molecule has 1 amide bonds.